The Balaban J connectivity index is 1.73. The van der Waals surface area contributed by atoms with Gasteiger partial charge >= 0.3 is 0 Å². The molecular formula is C16H23ClN2O. The number of nitrogens with two attached hydrogens (primary N) is 1. The summed E-state index contributed by atoms with van der Waals surface area (Å²) in [5.74, 6) is 0.659. The molecule has 1 atom stereocenters. The van der Waals surface area contributed by atoms with Crippen LogP contribution in [0.2, 0.25) is 5.02 Å². The summed E-state index contributed by atoms with van der Waals surface area (Å²) >= 11 is 5.80. The van der Waals surface area contributed by atoms with Crippen molar-refractivity contribution in [3.05, 3.63) is 34.9 Å². The Kier molecular flexibility index (Phi) is 5.86. The van der Waals surface area contributed by atoms with Gasteiger partial charge < -0.3 is 11.1 Å². The number of nitrogens with one attached hydrogen (secondary N) is 1. The van der Waals surface area contributed by atoms with Gasteiger partial charge in [-0.1, -0.05) is 43.7 Å². The molecule has 3 nitrogen and oxygen atoms in total. The lowest BCUT2D eigenvalue weighted by molar-refractivity contribution is 0.0949. The van der Waals surface area contributed by atoms with Crippen LogP contribution in [0.3, 0.4) is 0 Å². The molecule has 0 aromatic heterocycles. The average Bonchev–Trinajstić information content (AvgIpc) is 2.46. The molecule has 1 aromatic rings. The minimum atomic E-state index is -0.0826. The number of amides is 1. The Morgan fingerprint density at radius 1 is 1.25 bits per heavy atom. The molecule has 0 bridgehead atoms. The van der Waals surface area contributed by atoms with E-state index in [1.165, 1.54) is 32.1 Å². The topological polar surface area (TPSA) is 55.1 Å². The van der Waals surface area contributed by atoms with Gasteiger partial charge in [-0.3, -0.25) is 4.79 Å². The van der Waals surface area contributed by atoms with Crippen molar-refractivity contribution in [2.24, 2.45) is 11.7 Å². The molecule has 110 valence electrons. The van der Waals surface area contributed by atoms with E-state index in [1.807, 2.05) is 0 Å². The normalized spacial score (nSPS) is 17.7. The summed E-state index contributed by atoms with van der Waals surface area (Å²) in [7, 11) is 0. The van der Waals surface area contributed by atoms with Crippen molar-refractivity contribution in [3.8, 4) is 0 Å². The molecule has 0 heterocycles. The molecule has 3 N–H and O–H groups in total. The van der Waals surface area contributed by atoms with E-state index in [9.17, 15) is 4.79 Å². The zero-order valence-corrected chi connectivity index (χ0v) is 12.5. The molecule has 0 saturated heterocycles. The summed E-state index contributed by atoms with van der Waals surface area (Å²) in [4.78, 5) is 11.9. The highest BCUT2D eigenvalue weighted by molar-refractivity contribution is 6.30. The Hall–Kier alpha value is -1.06. The highest BCUT2D eigenvalue weighted by Crippen LogP contribution is 2.26. The van der Waals surface area contributed by atoms with Gasteiger partial charge in [-0.2, -0.15) is 0 Å². The van der Waals surface area contributed by atoms with E-state index in [2.05, 4.69) is 5.32 Å². The minimum Gasteiger partial charge on any atom is -0.350 e. The van der Waals surface area contributed by atoms with Crippen LogP contribution in [-0.4, -0.2) is 18.5 Å². The first kappa shape index (κ1) is 15.3. The summed E-state index contributed by atoms with van der Waals surface area (Å²) in [5.41, 5.74) is 6.74. The summed E-state index contributed by atoms with van der Waals surface area (Å²) in [5, 5.41) is 3.54. The van der Waals surface area contributed by atoms with E-state index in [-0.39, 0.29) is 11.9 Å². The molecule has 0 radical (unpaired) electrons. The van der Waals surface area contributed by atoms with Crippen LogP contribution in [0.15, 0.2) is 24.3 Å². The Labute approximate surface area is 125 Å². The van der Waals surface area contributed by atoms with Crippen molar-refractivity contribution in [3.63, 3.8) is 0 Å². The molecule has 1 aliphatic rings. The molecule has 1 aromatic carbocycles. The molecule has 1 saturated carbocycles. The van der Waals surface area contributed by atoms with Gasteiger partial charge in [0.15, 0.2) is 0 Å². The molecular weight excluding hydrogens is 272 g/mol. The number of hydrogen-bond donors (Lipinski definition) is 2. The minimum absolute atomic E-state index is 0.0503. The smallest absolute Gasteiger partial charge is 0.251 e. The second-order valence-electron chi connectivity index (χ2n) is 5.72. The first-order valence-corrected chi connectivity index (χ1v) is 7.82. The zero-order valence-electron chi connectivity index (χ0n) is 11.8. The lowest BCUT2D eigenvalue weighted by atomic mass is 9.85. The quantitative estimate of drug-likeness (QED) is 0.875. The van der Waals surface area contributed by atoms with Crippen molar-refractivity contribution >= 4 is 17.5 Å². The molecule has 0 unspecified atom stereocenters. The van der Waals surface area contributed by atoms with E-state index < -0.39 is 0 Å². The van der Waals surface area contributed by atoms with Crippen LogP contribution in [0.4, 0.5) is 0 Å². The van der Waals surface area contributed by atoms with E-state index in [0.717, 1.165) is 12.3 Å². The third-order valence-electron chi connectivity index (χ3n) is 3.99. The van der Waals surface area contributed by atoms with Gasteiger partial charge in [-0.25, -0.2) is 0 Å². The van der Waals surface area contributed by atoms with Gasteiger partial charge in [0.25, 0.3) is 5.91 Å². The Morgan fingerprint density at radius 3 is 2.55 bits per heavy atom. The van der Waals surface area contributed by atoms with Crippen molar-refractivity contribution < 1.29 is 4.79 Å². The van der Waals surface area contributed by atoms with Gasteiger partial charge in [-0.15, -0.1) is 0 Å². The number of carbonyl (C=O) groups excluding carboxylic acids is 1. The number of rotatable bonds is 5. The third kappa shape index (κ3) is 4.80. The number of hydrogen-bond acceptors (Lipinski definition) is 2. The Morgan fingerprint density at radius 2 is 1.90 bits per heavy atom. The van der Waals surface area contributed by atoms with Gasteiger partial charge in [0, 0.05) is 23.2 Å². The van der Waals surface area contributed by atoms with Crippen LogP contribution in [0.1, 0.15) is 48.9 Å². The maximum Gasteiger partial charge on any atom is 0.251 e. The standard InChI is InChI=1S/C16H23ClN2O/c17-14-8-6-13(7-9-14)16(20)19-11-15(18)10-12-4-2-1-3-5-12/h6-9,12,15H,1-5,10-11,18H2,(H,19,20)/t15-/m1/s1. The fourth-order valence-electron chi connectivity index (χ4n) is 2.86. The maximum absolute atomic E-state index is 11.9. The van der Waals surface area contributed by atoms with Crippen LogP contribution >= 0.6 is 11.6 Å². The molecule has 0 spiro atoms. The van der Waals surface area contributed by atoms with E-state index in [1.54, 1.807) is 24.3 Å². The molecule has 1 fully saturated rings. The maximum atomic E-state index is 11.9. The van der Waals surface area contributed by atoms with Gasteiger partial charge in [0.2, 0.25) is 0 Å². The van der Waals surface area contributed by atoms with Crippen LogP contribution in [0, 0.1) is 5.92 Å². The largest absolute Gasteiger partial charge is 0.350 e. The second kappa shape index (κ2) is 7.65. The molecule has 4 heteroatoms. The van der Waals surface area contributed by atoms with E-state index in [0.29, 0.717) is 17.1 Å². The van der Waals surface area contributed by atoms with Crippen molar-refractivity contribution in [2.75, 3.05) is 6.54 Å². The summed E-state index contributed by atoms with van der Waals surface area (Å²) < 4.78 is 0. The van der Waals surface area contributed by atoms with Crippen molar-refractivity contribution in [1.29, 1.82) is 0 Å². The predicted octanol–water partition coefficient (Wildman–Crippen LogP) is 3.37. The summed E-state index contributed by atoms with van der Waals surface area (Å²) in [6.45, 7) is 0.540. The lowest BCUT2D eigenvalue weighted by Gasteiger charge is -2.24. The SMILES string of the molecule is N[C@@H](CNC(=O)c1ccc(Cl)cc1)CC1CCCCC1. The number of benzene rings is 1. The van der Waals surface area contributed by atoms with Crippen LogP contribution in [-0.2, 0) is 0 Å². The van der Waals surface area contributed by atoms with Crippen LogP contribution < -0.4 is 11.1 Å². The zero-order chi connectivity index (χ0) is 14.4. The third-order valence-corrected chi connectivity index (χ3v) is 4.24. The molecule has 0 aliphatic heterocycles. The summed E-state index contributed by atoms with van der Waals surface area (Å²) in [6.07, 6.45) is 7.61. The summed E-state index contributed by atoms with van der Waals surface area (Å²) in [6, 6.07) is 6.94. The molecule has 1 amide bonds. The molecule has 1 aliphatic carbocycles. The molecule has 20 heavy (non-hydrogen) atoms. The number of carbonyl (C=O) groups is 1. The predicted molar refractivity (Wildman–Crippen MR) is 83.0 cm³/mol. The van der Waals surface area contributed by atoms with Crippen molar-refractivity contribution in [1.82, 2.24) is 5.32 Å². The van der Waals surface area contributed by atoms with E-state index in [4.69, 9.17) is 17.3 Å². The van der Waals surface area contributed by atoms with Crippen LogP contribution in [0.5, 0.6) is 0 Å². The monoisotopic (exact) mass is 294 g/mol. The first-order valence-electron chi connectivity index (χ1n) is 7.44. The fourth-order valence-corrected chi connectivity index (χ4v) is 2.99. The Bertz CT molecular complexity index is 427. The lowest BCUT2D eigenvalue weighted by Crippen LogP contribution is -2.38. The van der Waals surface area contributed by atoms with Gasteiger partial charge in [0.1, 0.15) is 0 Å². The average molecular weight is 295 g/mol. The van der Waals surface area contributed by atoms with Crippen LogP contribution in [0.25, 0.3) is 0 Å². The highest BCUT2D eigenvalue weighted by atomic mass is 35.5. The van der Waals surface area contributed by atoms with Gasteiger partial charge in [0.05, 0.1) is 0 Å². The first-order chi connectivity index (χ1) is 9.65. The number of halogens is 1. The van der Waals surface area contributed by atoms with E-state index >= 15 is 0 Å². The molecule has 2 rings (SSSR count). The second-order valence-corrected chi connectivity index (χ2v) is 6.15. The highest BCUT2D eigenvalue weighted by Gasteiger charge is 2.17. The van der Waals surface area contributed by atoms with Gasteiger partial charge in [-0.05, 0) is 36.6 Å². The fraction of sp³-hybridized carbons (Fsp3) is 0.562. The van der Waals surface area contributed by atoms with Crippen molar-refractivity contribution in [2.45, 2.75) is 44.6 Å².